The van der Waals surface area contributed by atoms with Crippen LogP contribution in [0, 0.1) is 17.6 Å². The van der Waals surface area contributed by atoms with Gasteiger partial charge in [0.2, 0.25) is 5.91 Å². The van der Waals surface area contributed by atoms with Gasteiger partial charge in [-0.25, -0.2) is 13.6 Å². The molecule has 20 heavy (non-hydrogen) atoms. The van der Waals surface area contributed by atoms with Gasteiger partial charge in [-0.2, -0.15) is 0 Å². The molecule has 0 bridgehead atoms. The SMILES string of the molecule is CC1CCN(C(=O)Cc2c(F)cccc2F)C1C(=O)O. The lowest BCUT2D eigenvalue weighted by molar-refractivity contribution is -0.149. The topological polar surface area (TPSA) is 57.6 Å². The Morgan fingerprint density at radius 1 is 1.35 bits per heavy atom. The second kappa shape index (κ2) is 5.56. The third kappa shape index (κ3) is 2.64. The molecule has 0 radical (unpaired) electrons. The minimum Gasteiger partial charge on any atom is -0.480 e. The number of nitrogens with zero attached hydrogens (tertiary/aromatic N) is 1. The molecule has 1 N–H and O–H groups in total. The molecule has 0 aliphatic carbocycles. The van der Waals surface area contributed by atoms with Crippen LogP contribution < -0.4 is 0 Å². The monoisotopic (exact) mass is 283 g/mol. The standard InChI is InChI=1S/C14H15F2NO3/c1-8-5-6-17(13(8)14(19)20)12(18)7-9-10(15)3-2-4-11(9)16/h2-4,8,13H,5-7H2,1H3,(H,19,20). The molecular weight excluding hydrogens is 268 g/mol. The molecule has 6 heteroatoms. The Balaban J connectivity index is 2.18. The first-order valence-electron chi connectivity index (χ1n) is 6.37. The summed E-state index contributed by atoms with van der Waals surface area (Å²) in [6.45, 7) is 2.04. The summed E-state index contributed by atoms with van der Waals surface area (Å²) in [5.41, 5.74) is -0.318. The Bertz CT molecular complexity index is 527. The summed E-state index contributed by atoms with van der Waals surface area (Å²) >= 11 is 0. The molecule has 2 rings (SSSR count). The number of rotatable bonds is 3. The summed E-state index contributed by atoms with van der Waals surface area (Å²) in [6.07, 6.45) is 0.109. The van der Waals surface area contributed by atoms with Crippen molar-refractivity contribution in [1.29, 1.82) is 0 Å². The van der Waals surface area contributed by atoms with E-state index in [4.69, 9.17) is 5.11 Å². The minimum atomic E-state index is -1.09. The zero-order valence-corrected chi connectivity index (χ0v) is 11.0. The van der Waals surface area contributed by atoms with Gasteiger partial charge in [-0.1, -0.05) is 13.0 Å². The Hall–Kier alpha value is -1.98. The smallest absolute Gasteiger partial charge is 0.326 e. The molecule has 1 aliphatic rings. The van der Waals surface area contributed by atoms with Crippen molar-refractivity contribution in [2.75, 3.05) is 6.54 Å². The average Bonchev–Trinajstić information content (AvgIpc) is 2.76. The lowest BCUT2D eigenvalue weighted by atomic mass is 10.0. The molecular formula is C14H15F2NO3. The number of aliphatic carboxylic acids is 1. The van der Waals surface area contributed by atoms with E-state index in [9.17, 15) is 18.4 Å². The quantitative estimate of drug-likeness (QED) is 0.920. The summed E-state index contributed by atoms with van der Waals surface area (Å²) < 4.78 is 27.0. The number of halogens is 2. The van der Waals surface area contributed by atoms with Crippen LogP contribution in [0.4, 0.5) is 8.78 Å². The number of carboxylic acid groups (broad SMARTS) is 1. The van der Waals surface area contributed by atoms with Crippen LogP contribution in [-0.2, 0) is 16.0 Å². The van der Waals surface area contributed by atoms with Gasteiger partial charge in [-0.3, -0.25) is 4.79 Å². The van der Waals surface area contributed by atoms with E-state index in [-0.39, 0.29) is 11.5 Å². The van der Waals surface area contributed by atoms with Crippen molar-refractivity contribution >= 4 is 11.9 Å². The number of carbonyl (C=O) groups excluding carboxylic acids is 1. The Morgan fingerprint density at radius 3 is 2.50 bits per heavy atom. The molecule has 1 saturated heterocycles. The Labute approximate surface area is 115 Å². The predicted molar refractivity (Wildman–Crippen MR) is 67.0 cm³/mol. The zero-order chi connectivity index (χ0) is 14.9. The summed E-state index contributed by atoms with van der Waals surface area (Å²) in [7, 11) is 0. The molecule has 1 aromatic rings. The highest BCUT2D eigenvalue weighted by Gasteiger charge is 2.39. The molecule has 108 valence electrons. The highest BCUT2D eigenvalue weighted by Crippen LogP contribution is 2.25. The zero-order valence-electron chi connectivity index (χ0n) is 11.0. The molecule has 0 saturated carbocycles. The van der Waals surface area contributed by atoms with Crippen molar-refractivity contribution < 1.29 is 23.5 Å². The first-order valence-corrected chi connectivity index (χ1v) is 6.37. The predicted octanol–water partition coefficient (Wildman–Crippen LogP) is 1.83. The van der Waals surface area contributed by atoms with Crippen molar-refractivity contribution in [2.45, 2.75) is 25.8 Å². The van der Waals surface area contributed by atoms with Gasteiger partial charge < -0.3 is 10.0 Å². The lowest BCUT2D eigenvalue weighted by Crippen LogP contribution is -2.43. The van der Waals surface area contributed by atoms with Crippen molar-refractivity contribution in [2.24, 2.45) is 5.92 Å². The fourth-order valence-electron chi connectivity index (χ4n) is 2.56. The van der Waals surface area contributed by atoms with Gasteiger partial charge in [-0.15, -0.1) is 0 Å². The van der Waals surface area contributed by atoms with Crippen LogP contribution in [0.2, 0.25) is 0 Å². The van der Waals surface area contributed by atoms with Crippen molar-refractivity contribution in [3.63, 3.8) is 0 Å². The number of hydrogen-bond acceptors (Lipinski definition) is 2. The summed E-state index contributed by atoms with van der Waals surface area (Å²) in [5.74, 6) is -3.40. The maximum absolute atomic E-state index is 13.5. The highest BCUT2D eigenvalue weighted by molar-refractivity contribution is 5.85. The molecule has 2 atom stereocenters. The second-order valence-electron chi connectivity index (χ2n) is 5.01. The van der Waals surface area contributed by atoms with Crippen LogP contribution in [0.5, 0.6) is 0 Å². The van der Waals surface area contributed by atoms with Gasteiger partial charge in [0, 0.05) is 12.1 Å². The Kier molecular flexibility index (Phi) is 4.01. The molecule has 1 amide bonds. The number of amides is 1. The minimum absolute atomic E-state index is 0.165. The van der Waals surface area contributed by atoms with E-state index in [1.165, 1.54) is 11.0 Å². The third-order valence-electron chi connectivity index (χ3n) is 3.66. The van der Waals surface area contributed by atoms with Crippen LogP contribution in [0.3, 0.4) is 0 Å². The van der Waals surface area contributed by atoms with Crippen LogP contribution in [0.25, 0.3) is 0 Å². The normalized spacial score (nSPS) is 22.1. The molecule has 1 aromatic carbocycles. The lowest BCUT2D eigenvalue weighted by Gasteiger charge is -2.23. The van der Waals surface area contributed by atoms with Gasteiger partial charge in [-0.05, 0) is 24.5 Å². The van der Waals surface area contributed by atoms with Gasteiger partial charge in [0.25, 0.3) is 0 Å². The van der Waals surface area contributed by atoms with Crippen LogP contribution in [0.1, 0.15) is 18.9 Å². The molecule has 1 heterocycles. The maximum Gasteiger partial charge on any atom is 0.326 e. The summed E-state index contributed by atoms with van der Waals surface area (Å²) in [5, 5.41) is 9.14. The highest BCUT2D eigenvalue weighted by atomic mass is 19.1. The first kappa shape index (κ1) is 14.4. The third-order valence-corrected chi connectivity index (χ3v) is 3.66. The van der Waals surface area contributed by atoms with Crippen LogP contribution in [-0.4, -0.2) is 34.5 Å². The van der Waals surface area contributed by atoms with E-state index >= 15 is 0 Å². The fourth-order valence-corrected chi connectivity index (χ4v) is 2.56. The van der Waals surface area contributed by atoms with E-state index in [0.717, 1.165) is 12.1 Å². The molecule has 0 spiro atoms. The van der Waals surface area contributed by atoms with Gasteiger partial charge in [0.15, 0.2) is 0 Å². The van der Waals surface area contributed by atoms with Crippen molar-refractivity contribution in [3.05, 3.63) is 35.4 Å². The first-order chi connectivity index (χ1) is 9.41. The fraction of sp³-hybridized carbons (Fsp3) is 0.429. The van der Waals surface area contributed by atoms with Gasteiger partial charge in [0.1, 0.15) is 17.7 Å². The number of hydrogen-bond donors (Lipinski definition) is 1. The largest absolute Gasteiger partial charge is 0.480 e. The Morgan fingerprint density at radius 2 is 1.95 bits per heavy atom. The summed E-state index contributed by atoms with van der Waals surface area (Å²) in [6, 6.07) is 2.45. The van der Waals surface area contributed by atoms with Gasteiger partial charge >= 0.3 is 5.97 Å². The van der Waals surface area contributed by atoms with E-state index in [1.54, 1.807) is 6.92 Å². The van der Waals surface area contributed by atoms with Gasteiger partial charge in [0.05, 0.1) is 6.42 Å². The number of benzene rings is 1. The second-order valence-corrected chi connectivity index (χ2v) is 5.01. The molecule has 0 aromatic heterocycles. The maximum atomic E-state index is 13.5. The summed E-state index contributed by atoms with van der Waals surface area (Å²) in [4.78, 5) is 24.5. The van der Waals surface area contributed by atoms with Crippen molar-refractivity contribution in [1.82, 2.24) is 4.90 Å². The van der Waals surface area contributed by atoms with Crippen LogP contribution >= 0.6 is 0 Å². The number of carboxylic acids is 1. The molecule has 4 nitrogen and oxygen atoms in total. The molecule has 2 unspecified atom stereocenters. The van der Waals surface area contributed by atoms with E-state index in [0.29, 0.717) is 13.0 Å². The number of likely N-dealkylation sites (tertiary alicyclic amines) is 1. The van der Waals surface area contributed by atoms with E-state index in [1.807, 2.05) is 0 Å². The van der Waals surface area contributed by atoms with E-state index < -0.39 is 36.0 Å². The van der Waals surface area contributed by atoms with E-state index in [2.05, 4.69) is 0 Å². The molecule has 1 aliphatic heterocycles. The number of carbonyl (C=O) groups is 2. The average molecular weight is 283 g/mol. The molecule has 1 fully saturated rings. The van der Waals surface area contributed by atoms with Crippen LogP contribution in [0.15, 0.2) is 18.2 Å². The van der Waals surface area contributed by atoms with Crippen molar-refractivity contribution in [3.8, 4) is 0 Å².